The average molecular weight is 422 g/mol. The third-order valence-corrected chi connectivity index (χ3v) is 5.33. The first-order valence-electron chi connectivity index (χ1n) is 8.89. The van der Waals surface area contributed by atoms with Crippen LogP contribution in [0.25, 0.3) is 0 Å². The molecule has 0 saturated carbocycles. The molecular formula is C16H27N2O9P. The van der Waals surface area contributed by atoms with Gasteiger partial charge in [0.15, 0.2) is 6.23 Å². The van der Waals surface area contributed by atoms with Gasteiger partial charge >= 0.3 is 13.5 Å². The van der Waals surface area contributed by atoms with Crippen molar-refractivity contribution < 1.29 is 32.7 Å². The lowest BCUT2D eigenvalue weighted by Gasteiger charge is -2.26. The Morgan fingerprint density at radius 1 is 1.29 bits per heavy atom. The minimum absolute atomic E-state index is 0.138. The fourth-order valence-electron chi connectivity index (χ4n) is 2.99. The number of methoxy groups -OCH3 is 1. The van der Waals surface area contributed by atoms with Crippen molar-refractivity contribution in [2.75, 3.05) is 27.4 Å². The number of phosphoric acid groups is 1. The standard InChI is InChI=1S/C16H27N2O9P/c1-5-6-11-12(27-28(21,22)24-4)13(25-8-7-23-3)15(26-11)18-9-10(2)14(19)17-16(18)20/h9,11-13,15H,5-8H2,1-4H3,(H,21,22)(H,17,19,20)/t11-,12?,13+,15-/m1/s1. The van der Waals surface area contributed by atoms with Gasteiger partial charge in [0.2, 0.25) is 0 Å². The van der Waals surface area contributed by atoms with Crippen LogP contribution in [-0.2, 0) is 27.8 Å². The highest BCUT2D eigenvalue weighted by Crippen LogP contribution is 2.48. The van der Waals surface area contributed by atoms with E-state index in [-0.39, 0.29) is 13.2 Å². The van der Waals surface area contributed by atoms with Gasteiger partial charge in [-0.1, -0.05) is 13.3 Å². The van der Waals surface area contributed by atoms with Gasteiger partial charge in [0.1, 0.15) is 12.2 Å². The minimum atomic E-state index is -4.34. The van der Waals surface area contributed by atoms with E-state index in [1.54, 1.807) is 6.92 Å². The smallest absolute Gasteiger partial charge is 0.382 e. The predicted molar refractivity (Wildman–Crippen MR) is 98.2 cm³/mol. The molecule has 5 atom stereocenters. The van der Waals surface area contributed by atoms with Crippen LogP contribution in [0.3, 0.4) is 0 Å². The van der Waals surface area contributed by atoms with Gasteiger partial charge in [0.05, 0.1) is 19.3 Å². The van der Waals surface area contributed by atoms with Crippen LogP contribution in [0.2, 0.25) is 0 Å². The van der Waals surface area contributed by atoms with Gasteiger partial charge in [-0.15, -0.1) is 0 Å². The van der Waals surface area contributed by atoms with Crippen molar-refractivity contribution in [1.82, 2.24) is 9.55 Å². The Labute approximate surface area is 162 Å². The molecule has 1 aromatic rings. The fraction of sp³-hybridized carbons (Fsp3) is 0.750. The van der Waals surface area contributed by atoms with Crippen LogP contribution in [0.1, 0.15) is 31.6 Å². The van der Waals surface area contributed by atoms with Crippen LogP contribution in [0.15, 0.2) is 15.8 Å². The van der Waals surface area contributed by atoms with Crippen LogP contribution < -0.4 is 11.2 Å². The lowest BCUT2D eigenvalue weighted by Crippen LogP contribution is -2.41. The summed E-state index contributed by atoms with van der Waals surface area (Å²) >= 11 is 0. The zero-order valence-electron chi connectivity index (χ0n) is 16.3. The van der Waals surface area contributed by atoms with Crippen molar-refractivity contribution in [3.05, 3.63) is 32.6 Å². The number of phosphoric ester groups is 1. The largest absolute Gasteiger partial charge is 0.472 e. The van der Waals surface area contributed by atoms with E-state index in [2.05, 4.69) is 9.51 Å². The average Bonchev–Trinajstić information content (AvgIpc) is 2.96. The van der Waals surface area contributed by atoms with Gasteiger partial charge < -0.3 is 19.1 Å². The number of H-pyrrole nitrogens is 1. The molecular weight excluding hydrogens is 395 g/mol. The minimum Gasteiger partial charge on any atom is -0.382 e. The maximum absolute atomic E-state index is 12.3. The molecule has 0 spiro atoms. The summed E-state index contributed by atoms with van der Waals surface area (Å²) in [6, 6.07) is 0. The molecule has 2 rings (SSSR count). The molecule has 1 aliphatic rings. The Balaban J connectivity index is 2.44. The summed E-state index contributed by atoms with van der Waals surface area (Å²) in [6.07, 6.45) is -0.938. The van der Waals surface area contributed by atoms with E-state index in [0.29, 0.717) is 18.4 Å². The zero-order chi connectivity index (χ0) is 20.9. The van der Waals surface area contributed by atoms with Crippen LogP contribution in [0.4, 0.5) is 0 Å². The predicted octanol–water partition coefficient (Wildman–Crippen LogP) is 0.706. The summed E-state index contributed by atoms with van der Waals surface area (Å²) in [4.78, 5) is 36.1. The van der Waals surface area contributed by atoms with E-state index in [0.717, 1.165) is 7.11 Å². The lowest BCUT2D eigenvalue weighted by atomic mass is 10.1. The van der Waals surface area contributed by atoms with Crippen molar-refractivity contribution in [1.29, 1.82) is 0 Å². The number of aromatic amines is 1. The van der Waals surface area contributed by atoms with Crippen LogP contribution >= 0.6 is 7.82 Å². The van der Waals surface area contributed by atoms with E-state index in [9.17, 15) is 19.0 Å². The van der Waals surface area contributed by atoms with Gasteiger partial charge in [-0.3, -0.25) is 23.4 Å². The molecule has 1 saturated heterocycles. The number of nitrogens with zero attached hydrogens (tertiary/aromatic N) is 1. The second-order valence-electron chi connectivity index (χ2n) is 6.38. The highest BCUT2D eigenvalue weighted by molar-refractivity contribution is 7.47. The molecule has 12 heteroatoms. The molecule has 160 valence electrons. The van der Waals surface area contributed by atoms with Gasteiger partial charge in [0.25, 0.3) is 5.56 Å². The Bertz CT molecular complexity index is 808. The molecule has 1 aromatic heterocycles. The maximum Gasteiger partial charge on any atom is 0.472 e. The van der Waals surface area contributed by atoms with Crippen LogP contribution in [0, 0.1) is 6.92 Å². The third-order valence-electron chi connectivity index (χ3n) is 4.36. The Hall–Kier alpha value is -1.33. The van der Waals surface area contributed by atoms with Crippen molar-refractivity contribution in [2.45, 2.75) is 51.2 Å². The van der Waals surface area contributed by atoms with Crippen LogP contribution in [0.5, 0.6) is 0 Å². The molecule has 0 aromatic carbocycles. The van der Waals surface area contributed by atoms with E-state index < -0.39 is 43.6 Å². The normalized spacial score (nSPS) is 27.0. The lowest BCUT2D eigenvalue weighted by molar-refractivity contribution is -0.0796. The summed E-state index contributed by atoms with van der Waals surface area (Å²) in [5.41, 5.74) is -0.885. The molecule has 11 nitrogen and oxygen atoms in total. The van der Waals surface area contributed by atoms with Crippen LogP contribution in [-0.4, -0.2) is 60.2 Å². The van der Waals surface area contributed by atoms with E-state index in [1.165, 1.54) is 17.9 Å². The van der Waals surface area contributed by atoms with E-state index in [1.807, 2.05) is 6.92 Å². The number of nitrogens with one attached hydrogen (secondary N) is 1. The van der Waals surface area contributed by atoms with Gasteiger partial charge in [0, 0.05) is 26.0 Å². The van der Waals surface area contributed by atoms with Gasteiger partial charge in [-0.2, -0.15) is 0 Å². The second-order valence-corrected chi connectivity index (χ2v) is 7.89. The topological polar surface area (TPSA) is 138 Å². The summed E-state index contributed by atoms with van der Waals surface area (Å²) in [7, 11) is -1.79. The maximum atomic E-state index is 12.3. The number of rotatable bonds is 10. The summed E-state index contributed by atoms with van der Waals surface area (Å²) in [5.74, 6) is 0. The number of aryl methyl sites for hydroxylation is 1. The molecule has 2 N–H and O–H groups in total. The van der Waals surface area contributed by atoms with E-state index >= 15 is 0 Å². The molecule has 0 bridgehead atoms. The number of hydrogen-bond acceptors (Lipinski definition) is 8. The first kappa shape index (κ1) is 23.0. The first-order chi connectivity index (χ1) is 13.2. The van der Waals surface area contributed by atoms with E-state index in [4.69, 9.17) is 18.7 Å². The summed E-state index contributed by atoms with van der Waals surface area (Å²) < 4.78 is 39.8. The quantitative estimate of drug-likeness (QED) is 0.412. The Morgan fingerprint density at radius 2 is 2.00 bits per heavy atom. The van der Waals surface area contributed by atoms with Gasteiger partial charge in [-0.25, -0.2) is 9.36 Å². The highest BCUT2D eigenvalue weighted by Gasteiger charge is 2.50. The number of ether oxygens (including phenoxy) is 3. The molecule has 1 aliphatic heterocycles. The molecule has 1 fully saturated rings. The van der Waals surface area contributed by atoms with Crippen molar-refractivity contribution in [2.24, 2.45) is 0 Å². The molecule has 2 unspecified atom stereocenters. The Kier molecular flexibility index (Phi) is 8.14. The van der Waals surface area contributed by atoms with Crippen molar-refractivity contribution in [3.8, 4) is 0 Å². The van der Waals surface area contributed by atoms with Gasteiger partial charge in [-0.05, 0) is 13.3 Å². The monoisotopic (exact) mass is 422 g/mol. The molecule has 0 amide bonds. The molecule has 28 heavy (non-hydrogen) atoms. The Morgan fingerprint density at radius 3 is 2.61 bits per heavy atom. The first-order valence-corrected chi connectivity index (χ1v) is 10.4. The van der Waals surface area contributed by atoms with Crippen molar-refractivity contribution >= 4 is 7.82 Å². The second kappa shape index (κ2) is 9.93. The summed E-state index contributed by atoms with van der Waals surface area (Å²) in [6.45, 7) is 3.86. The summed E-state index contributed by atoms with van der Waals surface area (Å²) in [5, 5.41) is 0. The molecule has 0 aliphatic carbocycles. The zero-order valence-corrected chi connectivity index (χ0v) is 17.2. The highest BCUT2D eigenvalue weighted by atomic mass is 31.2. The fourth-order valence-corrected chi connectivity index (χ4v) is 3.64. The third kappa shape index (κ3) is 5.38. The number of aromatic nitrogens is 2. The molecule has 2 heterocycles. The number of hydrogen-bond donors (Lipinski definition) is 2. The molecule has 0 radical (unpaired) electrons. The van der Waals surface area contributed by atoms with Crippen molar-refractivity contribution in [3.63, 3.8) is 0 Å². The SMILES string of the molecule is CCC[C@H]1O[C@@H](n2cc(C)c(=O)[nH]c2=O)[C@@H](OCCOC)C1OP(=O)(O)OC.